The summed E-state index contributed by atoms with van der Waals surface area (Å²) in [4.78, 5) is 21.6. The van der Waals surface area contributed by atoms with E-state index in [1.54, 1.807) is 14.2 Å². The van der Waals surface area contributed by atoms with E-state index in [-0.39, 0.29) is 11.5 Å². The molecule has 0 amide bonds. The van der Waals surface area contributed by atoms with Gasteiger partial charge >= 0.3 is 0 Å². The number of rotatable bonds is 5. The Morgan fingerprint density at radius 2 is 2.12 bits per heavy atom. The Hall–Kier alpha value is -2.34. The van der Waals surface area contributed by atoms with Gasteiger partial charge in [0.1, 0.15) is 17.3 Å². The zero-order valence-corrected chi connectivity index (χ0v) is 15.0. The lowest BCUT2D eigenvalue weighted by Gasteiger charge is -2.32. The summed E-state index contributed by atoms with van der Waals surface area (Å²) in [6.45, 7) is 4.57. The van der Waals surface area contributed by atoms with Gasteiger partial charge in [0.05, 0.1) is 14.2 Å². The van der Waals surface area contributed by atoms with Crippen molar-refractivity contribution in [3.8, 4) is 11.5 Å². The van der Waals surface area contributed by atoms with Crippen molar-refractivity contribution in [2.24, 2.45) is 0 Å². The van der Waals surface area contributed by atoms with Gasteiger partial charge in [-0.25, -0.2) is 4.98 Å². The Bertz CT molecular complexity index is 788. The van der Waals surface area contributed by atoms with Crippen molar-refractivity contribution in [1.82, 2.24) is 14.9 Å². The number of benzene rings is 1. The minimum absolute atomic E-state index is 0.0727. The molecule has 1 aromatic heterocycles. The summed E-state index contributed by atoms with van der Waals surface area (Å²) in [5, 5.41) is 0. The van der Waals surface area contributed by atoms with Gasteiger partial charge in [0.15, 0.2) is 0 Å². The summed E-state index contributed by atoms with van der Waals surface area (Å²) in [7, 11) is 3.33. The first-order valence-corrected chi connectivity index (χ1v) is 8.60. The number of aromatic amines is 1. The number of nitrogens with zero attached hydrogens (tertiary/aromatic N) is 2. The predicted octanol–water partition coefficient (Wildman–Crippen LogP) is 2.48. The second-order valence-corrected chi connectivity index (χ2v) is 6.52. The number of hydrogen-bond acceptors (Lipinski definition) is 5. The highest BCUT2D eigenvalue weighted by atomic mass is 16.5. The second-order valence-electron chi connectivity index (χ2n) is 6.52. The van der Waals surface area contributed by atoms with Gasteiger partial charge in [0, 0.05) is 42.4 Å². The number of methoxy groups -OCH3 is 2. The van der Waals surface area contributed by atoms with E-state index in [4.69, 9.17) is 9.47 Å². The number of H-pyrrole nitrogens is 1. The fourth-order valence-electron chi connectivity index (χ4n) is 3.44. The quantitative estimate of drug-likeness (QED) is 0.903. The van der Waals surface area contributed by atoms with Crippen LogP contribution in [0.2, 0.25) is 0 Å². The Morgan fingerprint density at radius 3 is 2.84 bits per heavy atom. The number of nitrogens with one attached hydrogen (secondary N) is 1. The van der Waals surface area contributed by atoms with Crippen LogP contribution in [-0.2, 0) is 6.54 Å². The minimum Gasteiger partial charge on any atom is -0.497 e. The van der Waals surface area contributed by atoms with Gasteiger partial charge in [-0.1, -0.05) is 6.07 Å². The van der Waals surface area contributed by atoms with Crippen LogP contribution >= 0.6 is 0 Å². The first-order valence-electron chi connectivity index (χ1n) is 8.60. The molecule has 1 aromatic carbocycles. The van der Waals surface area contributed by atoms with E-state index in [0.717, 1.165) is 61.1 Å². The van der Waals surface area contributed by atoms with E-state index in [1.165, 1.54) is 6.07 Å². The zero-order valence-electron chi connectivity index (χ0n) is 15.0. The Morgan fingerprint density at radius 1 is 1.28 bits per heavy atom. The first kappa shape index (κ1) is 17.5. The highest BCUT2D eigenvalue weighted by Gasteiger charge is 2.24. The number of aryl methyl sites for hydroxylation is 1. The van der Waals surface area contributed by atoms with Gasteiger partial charge in [-0.2, -0.15) is 0 Å². The van der Waals surface area contributed by atoms with Crippen molar-refractivity contribution in [2.75, 3.05) is 27.3 Å². The van der Waals surface area contributed by atoms with Crippen molar-refractivity contribution < 1.29 is 9.47 Å². The summed E-state index contributed by atoms with van der Waals surface area (Å²) in [6, 6.07) is 7.45. The van der Waals surface area contributed by atoms with Gasteiger partial charge in [-0.05, 0) is 32.4 Å². The van der Waals surface area contributed by atoms with Gasteiger partial charge in [-0.3, -0.25) is 9.69 Å². The van der Waals surface area contributed by atoms with Crippen molar-refractivity contribution in [2.45, 2.75) is 32.2 Å². The predicted molar refractivity (Wildman–Crippen MR) is 96.4 cm³/mol. The molecule has 0 spiro atoms. The van der Waals surface area contributed by atoms with E-state index in [2.05, 4.69) is 14.9 Å². The molecule has 0 bridgehead atoms. The number of likely N-dealkylation sites (tertiary alicyclic amines) is 1. The molecule has 0 saturated carbocycles. The summed E-state index contributed by atoms with van der Waals surface area (Å²) < 4.78 is 10.8. The third kappa shape index (κ3) is 4.20. The molecule has 0 aliphatic carbocycles. The lowest BCUT2D eigenvalue weighted by Crippen LogP contribution is -2.35. The van der Waals surface area contributed by atoms with Crippen molar-refractivity contribution in [3.05, 3.63) is 51.7 Å². The molecule has 1 atom stereocenters. The summed E-state index contributed by atoms with van der Waals surface area (Å²) in [5.74, 6) is 2.68. The molecule has 1 aliphatic heterocycles. The highest BCUT2D eigenvalue weighted by Crippen LogP contribution is 2.29. The minimum atomic E-state index is -0.0727. The Balaban J connectivity index is 1.75. The second kappa shape index (κ2) is 7.70. The summed E-state index contributed by atoms with van der Waals surface area (Å²) >= 11 is 0. The van der Waals surface area contributed by atoms with Crippen LogP contribution in [0.25, 0.3) is 0 Å². The molecule has 1 unspecified atom stereocenters. The maximum absolute atomic E-state index is 11.7. The van der Waals surface area contributed by atoms with E-state index < -0.39 is 0 Å². The van der Waals surface area contributed by atoms with Crippen molar-refractivity contribution in [1.29, 1.82) is 0 Å². The largest absolute Gasteiger partial charge is 0.497 e. The topological polar surface area (TPSA) is 67.5 Å². The third-order valence-electron chi connectivity index (χ3n) is 4.67. The molecule has 3 rings (SSSR count). The molecule has 1 aliphatic rings. The molecule has 1 fully saturated rings. The normalized spacial score (nSPS) is 18.1. The van der Waals surface area contributed by atoms with Crippen LogP contribution in [0.5, 0.6) is 11.5 Å². The van der Waals surface area contributed by atoms with Crippen LogP contribution in [-0.4, -0.2) is 42.2 Å². The molecular formula is C19H25N3O3. The lowest BCUT2D eigenvalue weighted by molar-refractivity contribution is 0.194. The first-order chi connectivity index (χ1) is 12.1. The number of aromatic nitrogens is 2. The molecule has 6 heteroatoms. The molecule has 134 valence electrons. The highest BCUT2D eigenvalue weighted by molar-refractivity contribution is 5.40. The average Bonchev–Trinajstić information content (AvgIpc) is 2.61. The van der Waals surface area contributed by atoms with Crippen molar-refractivity contribution in [3.63, 3.8) is 0 Å². The molecule has 1 N–H and O–H groups in total. The average molecular weight is 343 g/mol. The lowest BCUT2D eigenvalue weighted by atomic mass is 9.96. The SMILES string of the molecule is COc1ccc(CN2CCCC(c3nc(C)cc(=O)[nH]3)C2)c(OC)c1. The monoisotopic (exact) mass is 343 g/mol. The van der Waals surface area contributed by atoms with E-state index in [1.807, 2.05) is 25.1 Å². The van der Waals surface area contributed by atoms with Gasteiger partial charge in [0.2, 0.25) is 0 Å². The summed E-state index contributed by atoms with van der Waals surface area (Å²) in [5.41, 5.74) is 1.83. The number of hydrogen-bond donors (Lipinski definition) is 1. The van der Waals surface area contributed by atoms with Gasteiger partial charge < -0.3 is 14.5 Å². The number of piperidine rings is 1. The maximum Gasteiger partial charge on any atom is 0.251 e. The van der Waals surface area contributed by atoms with Crippen LogP contribution in [0.3, 0.4) is 0 Å². The summed E-state index contributed by atoms with van der Waals surface area (Å²) in [6.07, 6.45) is 2.13. The van der Waals surface area contributed by atoms with Crippen LogP contribution in [0.15, 0.2) is 29.1 Å². The maximum atomic E-state index is 11.7. The Kier molecular flexibility index (Phi) is 5.38. The van der Waals surface area contributed by atoms with Crippen LogP contribution in [0.4, 0.5) is 0 Å². The fourth-order valence-corrected chi connectivity index (χ4v) is 3.44. The van der Waals surface area contributed by atoms with Crippen LogP contribution in [0, 0.1) is 6.92 Å². The number of ether oxygens (including phenoxy) is 2. The van der Waals surface area contributed by atoms with E-state index >= 15 is 0 Å². The van der Waals surface area contributed by atoms with Gasteiger partial charge in [-0.15, -0.1) is 0 Å². The molecular weight excluding hydrogens is 318 g/mol. The molecule has 1 saturated heterocycles. The Labute approximate surface area is 147 Å². The molecule has 2 aromatic rings. The van der Waals surface area contributed by atoms with Gasteiger partial charge in [0.25, 0.3) is 5.56 Å². The van der Waals surface area contributed by atoms with Crippen LogP contribution in [0.1, 0.15) is 35.8 Å². The molecule has 6 nitrogen and oxygen atoms in total. The van der Waals surface area contributed by atoms with E-state index in [9.17, 15) is 4.79 Å². The molecule has 0 radical (unpaired) electrons. The standard InChI is InChI=1S/C19H25N3O3/c1-13-9-18(23)21-19(20-13)15-5-4-8-22(12-15)11-14-6-7-16(24-2)10-17(14)25-3/h6-7,9-10,15H,4-5,8,11-12H2,1-3H3,(H,20,21,23). The smallest absolute Gasteiger partial charge is 0.251 e. The van der Waals surface area contributed by atoms with Crippen molar-refractivity contribution >= 4 is 0 Å². The zero-order chi connectivity index (χ0) is 17.8. The molecule has 2 heterocycles. The fraction of sp³-hybridized carbons (Fsp3) is 0.474. The molecule has 25 heavy (non-hydrogen) atoms. The third-order valence-corrected chi connectivity index (χ3v) is 4.67. The van der Waals surface area contributed by atoms with E-state index in [0.29, 0.717) is 0 Å². The van der Waals surface area contributed by atoms with Crippen LogP contribution < -0.4 is 15.0 Å².